The molecular weight excluding hydrogens is 360 g/mol. The number of carbonyl (C=O) groups excluding carboxylic acids is 1. The molecule has 2 heterocycles. The fraction of sp³-hybridized carbons (Fsp3) is 0.190. The molecule has 4 rings (SSSR count). The molecule has 5 nitrogen and oxygen atoms in total. The van der Waals surface area contributed by atoms with Gasteiger partial charge in [-0.2, -0.15) is 0 Å². The molecular formula is C21H19ClN4O. The summed E-state index contributed by atoms with van der Waals surface area (Å²) >= 11 is 6.14. The number of aromatic nitrogens is 2. The Balaban J connectivity index is 1.52. The van der Waals surface area contributed by atoms with E-state index in [1.54, 1.807) is 12.4 Å². The lowest BCUT2D eigenvalue weighted by Gasteiger charge is -2.29. The molecule has 0 saturated carbocycles. The van der Waals surface area contributed by atoms with Gasteiger partial charge in [-0.3, -0.25) is 4.79 Å². The van der Waals surface area contributed by atoms with E-state index in [-0.39, 0.29) is 5.91 Å². The number of hydrogen-bond donors (Lipinski definition) is 1. The third-order valence-corrected chi connectivity index (χ3v) is 5.09. The van der Waals surface area contributed by atoms with Crippen LogP contribution in [0.25, 0.3) is 0 Å². The van der Waals surface area contributed by atoms with Crippen molar-refractivity contribution in [1.29, 1.82) is 0 Å². The van der Waals surface area contributed by atoms with E-state index in [4.69, 9.17) is 11.6 Å². The second-order valence-corrected chi connectivity index (χ2v) is 6.98. The SMILES string of the molecule is Cc1ccc(Nc2ncc(C(=O)N3CCCc4ccccc43)cn2)cc1Cl. The fourth-order valence-corrected chi connectivity index (χ4v) is 3.38. The third-order valence-electron chi connectivity index (χ3n) is 4.68. The van der Waals surface area contributed by atoms with Gasteiger partial charge in [0, 0.05) is 35.3 Å². The Morgan fingerprint density at radius 2 is 1.93 bits per heavy atom. The molecule has 0 aliphatic carbocycles. The highest BCUT2D eigenvalue weighted by Crippen LogP contribution is 2.28. The van der Waals surface area contributed by atoms with Crippen molar-refractivity contribution in [2.45, 2.75) is 19.8 Å². The van der Waals surface area contributed by atoms with Gasteiger partial charge in [-0.15, -0.1) is 0 Å². The van der Waals surface area contributed by atoms with E-state index in [9.17, 15) is 4.79 Å². The number of nitrogens with one attached hydrogen (secondary N) is 1. The highest BCUT2D eigenvalue weighted by atomic mass is 35.5. The molecule has 0 radical (unpaired) electrons. The maximum Gasteiger partial charge on any atom is 0.261 e. The number of carbonyl (C=O) groups is 1. The molecule has 2 aromatic carbocycles. The number of rotatable bonds is 3. The zero-order chi connectivity index (χ0) is 18.8. The van der Waals surface area contributed by atoms with Crippen LogP contribution < -0.4 is 10.2 Å². The maximum absolute atomic E-state index is 12.9. The Kier molecular flexibility index (Phi) is 4.77. The van der Waals surface area contributed by atoms with Crippen LogP contribution in [0.2, 0.25) is 5.02 Å². The second-order valence-electron chi connectivity index (χ2n) is 6.57. The fourth-order valence-electron chi connectivity index (χ4n) is 3.20. The molecule has 0 unspecified atom stereocenters. The van der Waals surface area contributed by atoms with Crippen molar-refractivity contribution in [3.8, 4) is 0 Å². The predicted octanol–water partition coefficient (Wildman–Crippen LogP) is 4.78. The molecule has 1 aliphatic rings. The Morgan fingerprint density at radius 1 is 1.15 bits per heavy atom. The second kappa shape index (κ2) is 7.37. The summed E-state index contributed by atoms with van der Waals surface area (Å²) in [6.45, 7) is 2.65. The Labute approximate surface area is 163 Å². The van der Waals surface area contributed by atoms with Gasteiger partial charge in [0.05, 0.1) is 5.56 Å². The monoisotopic (exact) mass is 378 g/mol. The summed E-state index contributed by atoms with van der Waals surface area (Å²) in [6, 6.07) is 13.7. The Morgan fingerprint density at radius 3 is 2.70 bits per heavy atom. The maximum atomic E-state index is 12.9. The predicted molar refractivity (Wildman–Crippen MR) is 108 cm³/mol. The van der Waals surface area contributed by atoms with Crippen molar-refractivity contribution in [2.24, 2.45) is 0 Å². The number of para-hydroxylation sites is 1. The zero-order valence-electron chi connectivity index (χ0n) is 14.9. The summed E-state index contributed by atoms with van der Waals surface area (Å²) < 4.78 is 0. The van der Waals surface area contributed by atoms with Crippen molar-refractivity contribution in [2.75, 3.05) is 16.8 Å². The molecule has 27 heavy (non-hydrogen) atoms. The van der Waals surface area contributed by atoms with Gasteiger partial charge in [-0.25, -0.2) is 9.97 Å². The molecule has 1 aliphatic heterocycles. The van der Waals surface area contributed by atoms with E-state index in [1.807, 2.05) is 48.2 Å². The summed E-state index contributed by atoms with van der Waals surface area (Å²) in [4.78, 5) is 23.3. The van der Waals surface area contributed by atoms with Crippen LogP contribution in [0.1, 0.15) is 27.9 Å². The van der Waals surface area contributed by atoms with Gasteiger partial charge in [0.2, 0.25) is 5.95 Å². The van der Waals surface area contributed by atoms with Gasteiger partial charge in [0.25, 0.3) is 5.91 Å². The molecule has 0 fully saturated rings. The molecule has 1 N–H and O–H groups in total. The molecule has 0 bridgehead atoms. The number of benzene rings is 2. The number of nitrogens with zero attached hydrogens (tertiary/aromatic N) is 3. The number of aryl methyl sites for hydroxylation is 2. The normalized spacial score (nSPS) is 13.2. The topological polar surface area (TPSA) is 58.1 Å². The van der Waals surface area contributed by atoms with E-state index in [2.05, 4.69) is 21.4 Å². The average molecular weight is 379 g/mol. The Bertz CT molecular complexity index is 988. The first-order chi connectivity index (χ1) is 13.1. The van der Waals surface area contributed by atoms with Gasteiger partial charge in [0.1, 0.15) is 0 Å². The lowest BCUT2D eigenvalue weighted by Crippen LogP contribution is -2.35. The third kappa shape index (κ3) is 3.64. The molecule has 3 aromatic rings. The van der Waals surface area contributed by atoms with Gasteiger partial charge in [-0.1, -0.05) is 35.9 Å². The van der Waals surface area contributed by atoms with Crippen LogP contribution in [0.5, 0.6) is 0 Å². The number of halogens is 1. The van der Waals surface area contributed by atoms with Crippen LogP contribution in [-0.2, 0) is 6.42 Å². The van der Waals surface area contributed by atoms with Crippen LogP contribution in [-0.4, -0.2) is 22.4 Å². The Hall–Kier alpha value is -2.92. The van der Waals surface area contributed by atoms with E-state index in [0.717, 1.165) is 29.8 Å². The summed E-state index contributed by atoms with van der Waals surface area (Å²) in [5.41, 5.74) is 4.46. The largest absolute Gasteiger partial charge is 0.324 e. The van der Waals surface area contributed by atoms with Crippen LogP contribution in [0.4, 0.5) is 17.3 Å². The molecule has 1 amide bonds. The van der Waals surface area contributed by atoms with E-state index in [1.165, 1.54) is 5.56 Å². The minimum Gasteiger partial charge on any atom is -0.324 e. The minimum atomic E-state index is -0.0768. The van der Waals surface area contributed by atoms with Crippen molar-refractivity contribution in [1.82, 2.24) is 9.97 Å². The zero-order valence-corrected chi connectivity index (χ0v) is 15.7. The summed E-state index contributed by atoms with van der Waals surface area (Å²) in [5, 5.41) is 3.78. The standard InChI is InChI=1S/C21H19ClN4O/c1-14-8-9-17(11-18(14)22)25-21-23-12-16(13-24-21)20(27)26-10-4-6-15-5-2-3-7-19(15)26/h2-3,5,7-9,11-13H,4,6,10H2,1H3,(H,23,24,25). The number of anilines is 3. The number of amides is 1. The summed E-state index contributed by atoms with van der Waals surface area (Å²) in [5.74, 6) is 0.345. The number of hydrogen-bond acceptors (Lipinski definition) is 4. The van der Waals surface area contributed by atoms with Gasteiger partial charge in [-0.05, 0) is 49.1 Å². The van der Waals surface area contributed by atoms with Crippen molar-refractivity contribution >= 4 is 34.8 Å². The van der Waals surface area contributed by atoms with Gasteiger partial charge in [0.15, 0.2) is 0 Å². The first kappa shape index (κ1) is 17.5. The van der Waals surface area contributed by atoms with Crippen LogP contribution >= 0.6 is 11.6 Å². The van der Waals surface area contributed by atoms with Crippen molar-refractivity contribution in [3.05, 3.63) is 76.6 Å². The highest BCUT2D eigenvalue weighted by Gasteiger charge is 2.23. The molecule has 136 valence electrons. The summed E-state index contributed by atoms with van der Waals surface area (Å²) in [6.07, 6.45) is 5.07. The summed E-state index contributed by atoms with van der Waals surface area (Å²) in [7, 11) is 0. The molecule has 0 saturated heterocycles. The first-order valence-corrected chi connectivity index (χ1v) is 9.24. The molecule has 1 aromatic heterocycles. The van der Waals surface area contributed by atoms with Crippen LogP contribution in [0.3, 0.4) is 0 Å². The van der Waals surface area contributed by atoms with Gasteiger partial charge >= 0.3 is 0 Å². The highest BCUT2D eigenvalue weighted by molar-refractivity contribution is 6.31. The van der Waals surface area contributed by atoms with Gasteiger partial charge < -0.3 is 10.2 Å². The molecule has 0 spiro atoms. The first-order valence-electron chi connectivity index (χ1n) is 8.87. The molecule has 6 heteroatoms. The smallest absolute Gasteiger partial charge is 0.261 e. The van der Waals surface area contributed by atoms with Crippen LogP contribution in [0.15, 0.2) is 54.9 Å². The minimum absolute atomic E-state index is 0.0768. The lowest BCUT2D eigenvalue weighted by atomic mass is 10.0. The average Bonchev–Trinajstić information content (AvgIpc) is 2.70. The van der Waals surface area contributed by atoms with Crippen molar-refractivity contribution < 1.29 is 4.79 Å². The van der Waals surface area contributed by atoms with Crippen LogP contribution in [0, 0.1) is 6.92 Å². The van der Waals surface area contributed by atoms with E-state index < -0.39 is 0 Å². The van der Waals surface area contributed by atoms with E-state index >= 15 is 0 Å². The van der Waals surface area contributed by atoms with Crippen molar-refractivity contribution in [3.63, 3.8) is 0 Å². The lowest BCUT2D eigenvalue weighted by molar-refractivity contribution is 0.0984. The molecule has 0 atom stereocenters. The quantitative estimate of drug-likeness (QED) is 0.712. The number of fused-ring (bicyclic) bond motifs is 1. The van der Waals surface area contributed by atoms with E-state index in [0.29, 0.717) is 23.1 Å².